The van der Waals surface area contributed by atoms with Gasteiger partial charge in [-0.15, -0.1) is 5.10 Å². The smallest absolute Gasteiger partial charge is 0.290 e. The fourth-order valence-electron chi connectivity index (χ4n) is 2.41. The standard InChI is InChI=1S/C18H16ClFN4O/c1-12-22-17(23-24(12)16-7-5-15(20)6-8-16)18(25)21-10-9-13-3-2-4-14(19)11-13/h2-8,11H,9-10H2,1H3,(H,21,25). The molecule has 0 radical (unpaired) electrons. The molecule has 0 aliphatic heterocycles. The fraction of sp³-hybridized carbons (Fsp3) is 0.167. The van der Waals surface area contributed by atoms with E-state index in [4.69, 9.17) is 11.6 Å². The lowest BCUT2D eigenvalue weighted by Gasteiger charge is -2.04. The van der Waals surface area contributed by atoms with Gasteiger partial charge < -0.3 is 5.32 Å². The van der Waals surface area contributed by atoms with Crippen LogP contribution in [0.25, 0.3) is 5.69 Å². The van der Waals surface area contributed by atoms with Gasteiger partial charge in [-0.25, -0.2) is 14.1 Å². The number of halogens is 2. The predicted molar refractivity (Wildman–Crippen MR) is 93.5 cm³/mol. The molecule has 128 valence electrons. The summed E-state index contributed by atoms with van der Waals surface area (Å²) in [5.41, 5.74) is 1.68. The molecule has 2 aromatic carbocycles. The van der Waals surface area contributed by atoms with Crippen molar-refractivity contribution in [2.24, 2.45) is 0 Å². The number of aromatic nitrogens is 3. The van der Waals surface area contributed by atoms with Gasteiger partial charge in [0.1, 0.15) is 11.6 Å². The van der Waals surface area contributed by atoms with Crippen molar-refractivity contribution in [2.45, 2.75) is 13.3 Å². The first-order valence-corrected chi connectivity index (χ1v) is 8.13. The SMILES string of the molecule is Cc1nc(C(=O)NCCc2cccc(Cl)c2)nn1-c1ccc(F)cc1. The fourth-order valence-corrected chi connectivity index (χ4v) is 2.62. The molecule has 0 aliphatic rings. The highest BCUT2D eigenvalue weighted by Crippen LogP contribution is 2.12. The van der Waals surface area contributed by atoms with Gasteiger partial charge in [0.25, 0.3) is 5.91 Å². The minimum atomic E-state index is -0.356. The second kappa shape index (κ2) is 7.44. The van der Waals surface area contributed by atoms with Crippen molar-refractivity contribution >= 4 is 17.5 Å². The number of rotatable bonds is 5. The van der Waals surface area contributed by atoms with Crippen molar-refractivity contribution in [1.82, 2.24) is 20.1 Å². The first-order chi connectivity index (χ1) is 12.0. The first kappa shape index (κ1) is 17.1. The number of nitrogens with one attached hydrogen (secondary N) is 1. The molecule has 1 N–H and O–H groups in total. The first-order valence-electron chi connectivity index (χ1n) is 7.75. The Bertz CT molecular complexity index is 892. The molecule has 3 rings (SSSR count). The topological polar surface area (TPSA) is 59.8 Å². The van der Waals surface area contributed by atoms with Gasteiger partial charge in [-0.2, -0.15) is 0 Å². The average Bonchev–Trinajstić information content (AvgIpc) is 2.97. The maximum Gasteiger partial charge on any atom is 0.290 e. The van der Waals surface area contributed by atoms with Crippen LogP contribution in [0, 0.1) is 12.7 Å². The molecule has 0 saturated heterocycles. The van der Waals surface area contributed by atoms with E-state index in [1.165, 1.54) is 16.8 Å². The molecule has 0 aliphatic carbocycles. The highest BCUT2D eigenvalue weighted by molar-refractivity contribution is 6.30. The van der Waals surface area contributed by atoms with Crippen LogP contribution in [0.4, 0.5) is 4.39 Å². The summed E-state index contributed by atoms with van der Waals surface area (Å²) < 4.78 is 14.5. The zero-order valence-corrected chi connectivity index (χ0v) is 14.3. The largest absolute Gasteiger partial charge is 0.349 e. The van der Waals surface area contributed by atoms with Crippen molar-refractivity contribution in [1.29, 1.82) is 0 Å². The molecule has 0 spiro atoms. The lowest BCUT2D eigenvalue weighted by molar-refractivity contribution is 0.0944. The maximum absolute atomic E-state index is 13.0. The Kier molecular flexibility index (Phi) is 5.09. The van der Waals surface area contributed by atoms with Gasteiger partial charge in [-0.05, 0) is 55.3 Å². The second-order valence-corrected chi connectivity index (χ2v) is 5.94. The molecule has 0 unspecified atom stereocenters. The summed E-state index contributed by atoms with van der Waals surface area (Å²) in [7, 11) is 0. The van der Waals surface area contributed by atoms with Gasteiger partial charge in [0.05, 0.1) is 5.69 Å². The molecule has 1 aromatic heterocycles. The summed E-state index contributed by atoms with van der Waals surface area (Å²) in [4.78, 5) is 16.4. The van der Waals surface area contributed by atoms with Crippen LogP contribution in [-0.2, 0) is 6.42 Å². The number of nitrogens with zero attached hydrogens (tertiary/aromatic N) is 3. The molecule has 0 fully saturated rings. The third kappa shape index (κ3) is 4.22. The Morgan fingerprint density at radius 2 is 2.00 bits per heavy atom. The second-order valence-electron chi connectivity index (χ2n) is 5.51. The molecular weight excluding hydrogens is 343 g/mol. The van der Waals surface area contributed by atoms with Crippen LogP contribution >= 0.6 is 11.6 Å². The molecular formula is C18H16ClFN4O. The van der Waals surface area contributed by atoms with E-state index in [0.29, 0.717) is 29.5 Å². The molecule has 1 amide bonds. The molecule has 7 heteroatoms. The zero-order valence-electron chi connectivity index (χ0n) is 13.5. The maximum atomic E-state index is 13.0. The number of hydrogen-bond donors (Lipinski definition) is 1. The summed E-state index contributed by atoms with van der Waals surface area (Å²) in [5.74, 6) is -0.0639. The number of aryl methyl sites for hydroxylation is 1. The van der Waals surface area contributed by atoms with Gasteiger partial charge in [-0.3, -0.25) is 4.79 Å². The highest BCUT2D eigenvalue weighted by atomic mass is 35.5. The van der Waals surface area contributed by atoms with Crippen LogP contribution in [0.2, 0.25) is 5.02 Å². The number of hydrogen-bond acceptors (Lipinski definition) is 3. The molecule has 25 heavy (non-hydrogen) atoms. The molecule has 0 saturated carbocycles. The lowest BCUT2D eigenvalue weighted by Crippen LogP contribution is -2.26. The highest BCUT2D eigenvalue weighted by Gasteiger charge is 2.14. The Morgan fingerprint density at radius 1 is 1.24 bits per heavy atom. The van der Waals surface area contributed by atoms with Gasteiger partial charge >= 0.3 is 0 Å². The van der Waals surface area contributed by atoms with E-state index in [-0.39, 0.29) is 17.5 Å². The zero-order chi connectivity index (χ0) is 17.8. The van der Waals surface area contributed by atoms with Crippen molar-refractivity contribution in [3.8, 4) is 5.69 Å². The molecule has 3 aromatic rings. The van der Waals surface area contributed by atoms with E-state index < -0.39 is 0 Å². The minimum absolute atomic E-state index is 0.0768. The van der Waals surface area contributed by atoms with Crippen LogP contribution in [-0.4, -0.2) is 27.2 Å². The van der Waals surface area contributed by atoms with Gasteiger partial charge in [0.15, 0.2) is 0 Å². The summed E-state index contributed by atoms with van der Waals surface area (Å²) in [6, 6.07) is 13.3. The van der Waals surface area contributed by atoms with Gasteiger partial charge in [0.2, 0.25) is 5.82 Å². The third-order valence-corrected chi connectivity index (χ3v) is 3.87. The van der Waals surface area contributed by atoms with Gasteiger partial charge in [-0.1, -0.05) is 23.7 Å². The Morgan fingerprint density at radius 3 is 2.72 bits per heavy atom. The predicted octanol–water partition coefficient (Wildman–Crippen LogP) is 3.34. The molecule has 0 bridgehead atoms. The van der Waals surface area contributed by atoms with Crippen LogP contribution < -0.4 is 5.32 Å². The quantitative estimate of drug-likeness (QED) is 0.761. The van der Waals surface area contributed by atoms with E-state index in [2.05, 4.69) is 15.4 Å². The molecule has 5 nitrogen and oxygen atoms in total. The summed E-state index contributed by atoms with van der Waals surface area (Å²) in [5, 5.41) is 7.65. The third-order valence-electron chi connectivity index (χ3n) is 3.63. The normalized spacial score (nSPS) is 10.7. The van der Waals surface area contributed by atoms with E-state index in [1.54, 1.807) is 25.1 Å². The molecule has 1 heterocycles. The van der Waals surface area contributed by atoms with Crippen molar-refractivity contribution in [3.05, 3.63) is 76.6 Å². The van der Waals surface area contributed by atoms with E-state index >= 15 is 0 Å². The van der Waals surface area contributed by atoms with Crippen molar-refractivity contribution < 1.29 is 9.18 Å². The van der Waals surface area contributed by atoms with Crippen LogP contribution in [0.5, 0.6) is 0 Å². The Hall–Kier alpha value is -2.73. The van der Waals surface area contributed by atoms with Crippen molar-refractivity contribution in [2.75, 3.05) is 6.54 Å². The van der Waals surface area contributed by atoms with E-state index in [0.717, 1.165) is 5.56 Å². The molecule has 0 atom stereocenters. The number of carbonyl (C=O) groups excluding carboxylic acids is 1. The van der Waals surface area contributed by atoms with Crippen LogP contribution in [0.15, 0.2) is 48.5 Å². The Balaban J connectivity index is 1.64. The van der Waals surface area contributed by atoms with Crippen molar-refractivity contribution in [3.63, 3.8) is 0 Å². The number of benzene rings is 2. The Labute approximate surface area is 149 Å². The summed E-state index contributed by atoms with van der Waals surface area (Å²) in [6.45, 7) is 2.18. The number of amides is 1. The number of carbonyl (C=O) groups is 1. The van der Waals surface area contributed by atoms with E-state index in [1.807, 2.05) is 18.2 Å². The minimum Gasteiger partial charge on any atom is -0.349 e. The van der Waals surface area contributed by atoms with E-state index in [9.17, 15) is 9.18 Å². The monoisotopic (exact) mass is 358 g/mol. The summed E-state index contributed by atoms with van der Waals surface area (Å²) >= 11 is 5.94. The van der Waals surface area contributed by atoms with Crippen LogP contribution in [0.1, 0.15) is 22.0 Å². The lowest BCUT2D eigenvalue weighted by atomic mass is 10.1. The van der Waals surface area contributed by atoms with Gasteiger partial charge in [0, 0.05) is 11.6 Å². The summed E-state index contributed by atoms with van der Waals surface area (Å²) in [6.07, 6.45) is 0.657. The average molecular weight is 359 g/mol. The van der Waals surface area contributed by atoms with Crippen LogP contribution in [0.3, 0.4) is 0 Å².